The molecule has 2 aliphatic carbocycles. The van der Waals surface area contributed by atoms with Crippen LogP contribution in [0.1, 0.15) is 120 Å². The summed E-state index contributed by atoms with van der Waals surface area (Å²) < 4.78 is 10.6. The third kappa shape index (κ3) is 13.4. The summed E-state index contributed by atoms with van der Waals surface area (Å²) in [7, 11) is 0. The molecule has 2 N–H and O–H groups in total. The summed E-state index contributed by atoms with van der Waals surface area (Å²) >= 11 is 0. The van der Waals surface area contributed by atoms with E-state index in [2.05, 4.69) is 0 Å². The van der Waals surface area contributed by atoms with E-state index in [0.29, 0.717) is 24.7 Å². The van der Waals surface area contributed by atoms with Gasteiger partial charge in [-0.1, -0.05) is 0 Å². The molecule has 0 aliphatic heterocycles. The molecule has 0 unspecified atom stereocenters. The number of rotatable bonds is 4. The smallest absolute Gasteiger partial charge is 0.306 e. The second-order valence-corrected chi connectivity index (χ2v) is 12.5. The van der Waals surface area contributed by atoms with E-state index in [0.717, 1.165) is 51.4 Å². The Hall–Kier alpha value is -1.14. The summed E-state index contributed by atoms with van der Waals surface area (Å²) in [5.41, 5.74) is -1.83. The van der Waals surface area contributed by atoms with E-state index in [1.807, 2.05) is 55.4 Å². The van der Waals surface area contributed by atoms with Gasteiger partial charge in [-0.3, -0.25) is 9.59 Å². The first kappa shape index (κ1) is 28.9. The molecule has 0 aromatic heterocycles. The molecule has 0 bridgehead atoms. The third-order valence-electron chi connectivity index (χ3n) is 6.12. The number of carbonyl (C=O) groups excluding carboxylic acids is 2. The molecule has 0 heterocycles. The van der Waals surface area contributed by atoms with Crippen molar-refractivity contribution in [2.75, 3.05) is 0 Å². The first-order valence-corrected chi connectivity index (χ1v) is 12.2. The molecule has 0 radical (unpaired) electrons. The lowest BCUT2D eigenvalue weighted by Crippen LogP contribution is -2.32. The van der Waals surface area contributed by atoms with Gasteiger partial charge in [0.05, 0.1) is 11.2 Å². The lowest BCUT2D eigenvalue weighted by molar-refractivity contribution is -0.157. The quantitative estimate of drug-likeness (QED) is 0.556. The van der Waals surface area contributed by atoms with Crippen molar-refractivity contribution in [3.63, 3.8) is 0 Å². The molecule has 2 saturated carbocycles. The number of esters is 2. The Morgan fingerprint density at radius 3 is 1.16 bits per heavy atom. The average molecular weight is 457 g/mol. The van der Waals surface area contributed by atoms with E-state index in [9.17, 15) is 19.8 Å². The maximum atomic E-state index is 11.6. The number of hydrogen-bond acceptors (Lipinski definition) is 6. The van der Waals surface area contributed by atoms with Crippen molar-refractivity contribution in [3.8, 4) is 0 Å². The molecule has 0 amide bonds. The molecule has 0 spiro atoms. The van der Waals surface area contributed by atoms with Gasteiger partial charge in [0.2, 0.25) is 0 Å². The fourth-order valence-electron chi connectivity index (χ4n) is 4.24. The van der Waals surface area contributed by atoms with Gasteiger partial charge < -0.3 is 19.7 Å². The Bertz CT molecular complexity index is 535. The van der Waals surface area contributed by atoms with E-state index in [-0.39, 0.29) is 11.9 Å². The van der Waals surface area contributed by atoms with Crippen molar-refractivity contribution in [3.05, 3.63) is 0 Å². The van der Waals surface area contributed by atoms with Crippen LogP contribution in [0.15, 0.2) is 0 Å². The molecule has 0 aromatic rings. The Labute approximate surface area is 195 Å². The third-order valence-corrected chi connectivity index (χ3v) is 6.12. The van der Waals surface area contributed by atoms with Gasteiger partial charge in [-0.05, 0) is 119 Å². The summed E-state index contributed by atoms with van der Waals surface area (Å²) in [6.45, 7) is 15.1. The van der Waals surface area contributed by atoms with E-state index >= 15 is 0 Å². The fraction of sp³-hybridized carbons (Fsp3) is 0.923. The van der Waals surface area contributed by atoms with E-state index in [4.69, 9.17) is 9.47 Å². The van der Waals surface area contributed by atoms with Crippen molar-refractivity contribution < 1.29 is 29.3 Å². The highest BCUT2D eigenvalue weighted by molar-refractivity contribution is 5.70. The van der Waals surface area contributed by atoms with Crippen LogP contribution < -0.4 is 0 Å². The van der Waals surface area contributed by atoms with Gasteiger partial charge in [-0.25, -0.2) is 0 Å². The molecule has 6 nitrogen and oxygen atoms in total. The SMILES string of the molecule is CC1(O)CCC(CC(=O)OC(C)(C)C)CC1.CC1(O)CCC(CC(=O)OC(C)(C)C)CC1. The predicted molar refractivity (Wildman–Crippen MR) is 126 cm³/mol. The minimum atomic E-state index is -0.523. The maximum absolute atomic E-state index is 11.6. The zero-order chi connectivity index (χ0) is 24.8. The molecule has 0 atom stereocenters. The maximum Gasteiger partial charge on any atom is 0.306 e. The van der Waals surface area contributed by atoms with Gasteiger partial charge in [0, 0.05) is 12.8 Å². The normalized spacial score (nSPS) is 31.2. The van der Waals surface area contributed by atoms with Crippen LogP contribution in [0.4, 0.5) is 0 Å². The first-order chi connectivity index (χ1) is 14.4. The van der Waals surface area contributed by atoms with Gasteiger partial charge in [0.25, 0.3) is 0 Å². The van der Waals surface area contributed by atoms with Crippen LogP contribution in [-0.4, -0.2) is 44.6 Å². The van der Waals surface area contributed by atoms with Crippen LogP contribution >= 0.6 is 0 Å². The Kier molecular flexibility index (Phi) is 10.2. The summed E-state index contributed by atoms with van der Waals surface area (Å²) in [6, 6.07) is 0. The minimum Gasteiger partial charge on any atom is -0.460 e. The van der Waals surface area contributed by atoms with Gasteiger partial charge >= 0.3 is 11.9 Å². The van der Waals surface area contributed by atoms with E-state index < -0.39 is 22.4 Å². The number of hydrogen-bond donors (Lipinski definition) is 2. The lowest BCUT2D eigenvalue weighted by Gasteiger charge is -2.33. The largest absolute Gasteiger partial charge is 0.460 e. The predicted octanol–water partition coefficient (Wildman–Crippen LogP) is 5.32. The van der Waals surface area contributed by atoms with Crippen molar-refractivity contribution in [2.24, 2.45) is 11.8 Å². The summed E-state index contributed by atoms with van der Waals surface area (Å²) in [6.07, 6.45) is 7.85. The topological polar surface area (TPSA) is 93.1 Å². The molecule has 188 valence electrons. The van der Waals surface area contributed by atoms with Gasteiger partial charge in [-0.15, -0.1) is 0 Å². The summed E-state index contributed by atoms with van der Waals surface area (Å²) in [5, 5.41) is 19.6. The minimum absolute atomic E-state index is 0.112. The van der Waals surface area contributed by atoms with Crippen molar-refractivity contribution in [1.29, 1.82) is 0 Å². The molecule has 6 heteroatoms. The van der Waals surface area contributed by atoms with E-state index in [1.54, 1.807) is 0 Å². The highest BCUT2D eigenvalue weighted by atomic mass is 16.6. The monoisotopic (exact) mass is 456 g/mol. The fourth-order valence-corrected chi connectivity index (χ4v) is 4.24. The molecule has 2 rings (SSSR count). The number of carbonyl (C=O) groups is 2. The van der Waals surface area contributed by atoms with Crippen LogP contribution in [-0.2, 0) is 19.1 Å². The van der Waals surface area contributed by atoms with Crippen LogP contribution in [0.25, 0.3) is 0 Å². The van der Waals surface area contributed by atoms with Crippen molar-refractivity contribution in [1.82, 2.24) is 0 Å². The highest BCUT2D eigenvalue weighted by Crippen LogP contribution is 2.34. The molecular weight excluding hydrogens is 408 g/mol. The molecule has 2 fully saturated rings. The molecular formula is C26H48O6. The van der Waals surface area contributed by atoms with Crippen LogP contribution in [0.5, 0.6) is 0 Å². The zero-order valence-corrected chi connectivity index (χ0v) is 21.8. The van der Waals surface area contributed by atoms with Crippen LogP contribution in [0.2, 0.25) is 0 Å². The molecule has 32 heavy (non-hydrogen) atoms. The standard InChI is InChI=1S/2C13H24O3/c2*1-12(2,3)16-11(14)9-10-5-7-13(4,15)8-6-10/h2*10,15H,5-9H2,1-4H3. The second-order valence-electron chi connectivity index (χ2n) is 12.5. The summed E-state index contributed by atoms with van der Waals surface area (Å²) in [4.78, 5) is 23.2. The average Bonchev–Trinajstić information content (AvgIpc) is 2.56. The number of ether oxygens (including phenoxy) is 2. The summed E-state index contributed by atoms with van der Waals surface area (Å²) in [5.74, 6) is 0.545. The second kappa shape index (κ2) is 11.3. The zero-order valence-electron chi connectivity index (χ0n) is 21.8. The highest BCUT2D eigenvalue weighted by Gasteiger charge is 2.31. The number of aliphatic hydroxyl groups is 2. The molecule has 0 aromatic carbocycles. The van der Waals surface area contributed by atoms with E-state index in [1.165, 1.54) is 0 Å². The van der Waals surface area contributed by atoms with Crippen molar-refractivity contribution >= 4 is 11.9 Å². The van der Waals surface area contributed by atoms with Crippen LogP contribution in [0.3, 0.4) is 0 Å². The molecule has 2 aliphatic rings. The molecule has 0 saturated heterocycles. The Morgan fingerprint density at radius 1 is 0.688 bits per heavy atom. The van der Waals surface area contributed by atoms with Gasteiger partial charge in [0.1, 0.15) is 11.2 Å². The van der Waals surface area contributed by atoms with Crippen molar-refractivity contribution in [2.45, 2.75) is 142 Å². The van der Waals surface area contributed by atoms with Gasteiger partial charge in [-0.2, -0.15) is 0 Å². The van der Waals surface area contributed by atoms with Gasteiger partial charge in [0.15, 0.2) is 0 Å². The van der Waals surface area contributed by atoms with Crippen LogP contribution in [0, 0.1) is 11.8 Å². The first-order valence-electron chi connectivity index (χ1n) is 12.2. The Balaban J connectivity index is 0.000000320. The lowest BCUT2D eigenvalue weighted by atomic mass is 9.79. The Morgan fingerprint density at radius 2 is 0.938 bits per heavy atom.